The molecule has 2 nitrogen and oxygen atoms in total. The van der Waals surface area contributed by atoms with E-state index in [0.29, 0.717) is 17.9 Å². The Bertz CT molecular complexity index is 450. The highest BCUT2D eigenvalue weighted by atomic mass is 32.2. The molecule has 21 heavy (non-hydrogen) atoms. The van der Waals surface area contributed by atoms with Crippen molar-refractivity contribution in [3.8, 4) is 0 Å². The van der Waals surface area contributed by atoms with Crippen molar-refractivity contribution in [3.05, 3.63) is 30.3 Å². The molecule has 2 aliphatic rings. The summed E-state index contributed by atoms with van der Waals surface area (Å²) in [6.45, 7) is 0. The lowest BCUT2D eigenvalue weighted by Crippen LogP contribution is -2.40. The molecule has 0 aromatic heterocycles. The van der Waals surface area contributed by atoms with Gasteiger partial charge in [-0.2, -0.15) is 11.8 Å². The van der Waals surface area contributed by atoms with E-state index in [9.17, 15) is 4.79 Å². The van der Waals surface area contributed by atoms with Crippen molar-refractivity contribution >= 4 is 23.4 Å². The van der Waals surface area contributed by atoms with Crippen molar-refractivity contribution in [2.24, 2.45) is 5.92 Å². The fourth-order valence-corrected chi connectivity index (χ4v) is 4.81. The molecule has 114 valence electrons. The average molecular weight is 303 g/mol. The fourth-order valence-electron chi connectivity index (χ4n) is 3.61. The van der Waals surface area contributed by atoms with E-state index in [1.165, 1.54) is 50.0 Å². The molecular formula is C18H25NOS. The third kappa shape index (κ3) is 3.82. The molecule has 1 aliphatic heterocycles. The van der Waals surface area contributed by atoms with Gasteiger partial charge in [0.15, 0.2) is 0 Å². The SMILES string of the molecule is O=C(CC1CCSCC1)N(c1ccccc1)C1CCCC1. The molecule has 3 heteroatoms. The molecule has 1 heterocycles. The topological polar surface area (TPSA) is 20.3 Å². The predicted molar refractivity (Wildman–Crippen MR) is 90.9 cm³/mol. The van der Waals surface area contributed by atoms with Crippen molar-refractivity contribution in [2.75, 3.05) is 16.4 Å². The minimum atomic E-state index is 0.352. The number of hydrogen-bond donors (Lipinski definition) is 0. The summed E-state index contributed by atoms with van der Waals surface area (Å²) < 4.78 is 0. The molecule has 0 atom stereocenters. The quantitative estimate of drug-likeness (QED) is 0.816. The molecule has 0 unspecified atom stereocenters. The van der Waals surface area contributed by atoms with Gasteiger partial charge in [0.2, 0.25) is 5.91 Å². The van der Waals surface area contributed by atoms with Gasteiger partial charge in [-0.05, 0) is 55.2 Å². The lowest BCUT2D eigenvalue weighted by Gasteiger charge is -2.31. The molecule has 1 aliphatic carbocycles. The largest absolute Gasteiger partial charge is 0.309 e. The van der Waals surface area contributed by atoms with Crippen LogP contribution in [-0.2, 0) is 4.79 Å². The predicted octanol–water partition coefficient (Wildman–Crippen LogP) is 4.50. The van der Waals surface area contributed by atoms with Gasteiger partial charge in [-0.1, -0.05) is 31.0 Å². The zero-order valence-corrected chi connectivity index (χ0v) is 13.5. The maximum absolute atomic E-state index is 12.9. The summed E-state index contributed by atoms with van der Waals surface area (Å²) in [6.07, 6.45) is 8.03. The highest BCUT2D eigenvalue weighted by Gasteiger charge is 2.29. The van der Waals surface area contributed by atoms with E-state index < -0.39 is 0 Å². The zero-order valence-electron chi connectivity index (χ0n) is 12.7. The van der Waals surface area contributed by atoms with E-state index in [1.807, 2.05) is 30.0 Å². The van der Waals surface area contributed by atoms with Crippen molar-refractivity contribution < 1.29 is 4.79 Å². The summed E-state index contributed by atoms with van der Waals surface area (Å²) in [5.41, 5.74) is 1.10. The number of benzene rings is 1. The minimum absolute atomic E-state index is 0.352. The van der Waals surface area contributed by atoms with Crippen LogP contribution in [0.2, 0.25) is 0 Å². The lowest BCUT2D eigenvalue weighted by atomic mass is 9.97. The van der Waals surface area contributed by atoms with Gasteiger partial charge < -0.3 is 4.90 Å². The number of hydrogen-bond acceptors (Lipinski definition) is 2. The highest BCUT2D eigenvalue weighted by Crippen LogP contribution is 2.31. The molecule has 1 amide bonds. The van der Waals surface area contributed by atoms with Gasteiger partial charge in [-0.15, -0.1) is 0 Å². The minimum Gasteiger partial charge on any atom is -0.309 e. The lowest BCUT2D eigenvalue weighted by molar-refractivity contribution is -0.120. The molecule has 2 fully saturated rings. The van der Waals surface area contributed by atoms with Crippen LogP contribution in [0.25, 0.3) is 0 Å². The number of amides is 1. The van der Waals surface area contributed by atoms with Crippen LogP contribution in [0.15, 0.2) is 30.3 Å². The molecule has 0 bridgehead atoms. The first-order valence-corrected chi connectivity index (χ1v) is 9.45. The van der Waals surface area contributed by atoms with Gasteiger partial charge in [0, 0.05) is 18.2 Å². The molecule has 0 N–H and O–H groups in total. The number of anilines is 1. The van der Waals surface area contributed by atoms with Crippen LogP contribution in [0.1, 0.15) is 44.9 Å². The van der Waals surface area contributed by atoms with E-state index in [0.717, 1.165) is 12.1 Å². The Morgan fingerprint density at radius 3 is 2.38 bits per heavy atom. The number of para-hydroxylation sites is 1. The second-order valence-corrected chi connectivity index (χ2v) is 7.52. The first-order valence-electron chi connectivity index (χ1n) is 8.29. The van der Waals surface area contributed by atoms with E-state index in [2.05, 4.69) is 17.0 Å². The van der Waals surface area contributed by atoms with Crippen molar-refractivity contribution in [1.29, 1.82) is 0 Å². The second kappa shape index (κ2) is 7.35. The van der Waals surface area contributed by atoms with Crippen molar-refractivity contribution in [3.63, 3.8) is 0 Å². The Balaban J connectivity index is 1.72. The van der Waals surface area contributed by atoms with E-state index in [4.69, 9.17) is 0 Å². The molecule has 0 radical (unpaired) electrons. The summed E-state index contributed by atoms with van der Waals surface area (Å²) in [4.78, 5) is 15.0. The van der Waals surface area contributed by atoms with Crippen LogP contribution >= 0.6 is 11.8 Å². The molecule has 1 saturated heterocycles. The highest BCUT2D eigenvalue weighted by molar-refractivity contribution is 7.99. The van der Waals surface area contributed by atoms with Gasteiger partial charge in [0.05, 0.1) is 0 Å². The number of nitrogens with zero attached hydrogens (tertiary/aromatic N) is 1. The van der Waals surface area contributed by atoms with Crippen LogP contribution in [-0.4, -0.2) is 23.5 Å². The summed E-state index contributed by atoms with van der Waals surface area (Å²) in [7, 11) is 0. The van der Waals surface area contributed by atoms with Gasteiger partial charge in [0.1, 0.15) is 0 Å². The Morgan fingerprint density at radius 1 is 1.05 bits per heavy atom. The molecule has 0 spiro atoms. The Hall–Kier alpha value is -0.960. The van der Waals surface area contributed by atoms with Crippen LogP contribution in [0.3, 0.4) is 0 Å². The van der Waals surface area contributed by atoms with Gasteiger partial charge in [0.25, 0.3) is 0 Å². The smallest absolute Gasteiger partial charge is 0.227 e. The average Bonchev–Trinajstić information content (AvgIpc) is 3.03. The van der Waals surface area contributed by atoms with Crippen LogP contribution in [0.5, 0.6) is 0 Å². The molecule has 1 aromatic rings. The van der Waals surface area contributed by atoms with Gasteiger partial charge in [-0.3, -0.25) is 4.79 Å². The Morgan fingerprint density at radius 2 is 1.71 bits per heavy atom. The zero-order chi connectivity index (χ0) is 14.5. The molecular weight excluding hydrogens is 278 g/mol. The number of carbonyl (C=O) groups is 1. The maximum atomic E-state index is 12.9. The normalized spacial score (nSPS) is 20.6. The standard InChI is InChI=1S/C18H25NOS/c20-18(14-15-10-12-21-13-11-15)19(17-8-4-5-9-17)16-6-2-1-3-7-16/h1-3,6-7,15,17H,4-5,8-14H2. The van der Waals surface area contributed by atoms with Crippen molar-refractivity contribution in [1.82, 2.24) is 0 Å². The number of thioether (sulfide) groups is 1. The van der Waals surface area contributed by atoms with Crippen LogP contribution in [0, 0.1) is 5.92 Å². The Labute approximate surface area is 132 Å². The number of carbonyl (C=O) groups excluding carboxylic acids is 1. The van der Waals surface area contributed by atoms with Crippen molar-refractivity contribution in [2.45, 2.75) is 51.0 Å². The summed E-state index contributed by atoms with van der Waals surface area (Å²) in [6, 6.07) is 10.7. The van der Waals surface area contributed by atoms with Crippen LogP contribution in [0.4, 0.5) is 5.69 Å². The maximum Gasteiger partial charge on any atom is 0.227 e. The molecule has 3 rings (SSSR count). The van der Waals surface area contributed by atoms with E-state index in [-0.39, 0.29) is 0 Å². The summed E-state index contributed by atoms with van der Waals surface area (Å²) in [5.74, 6) is 3.41. The third-order valence-corrected chi connectivity index (χ3v) is 5.85. The third-order valence-electron chi connectivity index (χ3n) is 4.80. The summed E-state index contributed by atoms with van der Waals surface area (Å²) >= 11 is 2.03. The molecule has 1 aromatic carbocycles. The first-order chi connectivity index (χ1) is 10.3. The van der Waals surface area contributed by atoms with Gasteiger partial charge in [-0.25, -0.2) is 0 Å². The summed E-state index contributed by atoms with van der Waals surface area (Å²) in [5, 5.41) is 0. The Kier molecular flexibility index (Phi) is 5.23. The first kappa shape index (κ1) is 15.0. The van der Waals surface area contributed by atoms with E-state index in [1.54, 1.807) is 0 Å². The van der Waals surface area contributed by atoms with Crippen LogP contribution < -0.4 is 4.90 Å². The van der Waals surface area contributed by atoms with E-state index >= 15 is 0 Å². The molecule has 1 saturated carbocycles. The number of rotatable bonds is 4. The monoisotopic (exact) mass is 303 g/mol. The fraction of sp³-hybridized carbons (Fsp3) is 0.611. The second-order valence-electron chi connectivity index (χ2n) is 6.30. The van der Waals surface area contributed by atoms with Gasteiger partial charge >= 0.3 is 0 Å².